The number of carbonyl (C=O) groups excluding carboxylic acids is 1. The van der Waals surface area contributed by atoms with Crippen LogP contribution in [-0.2, 0) is 4.74 Å². The molecule has 2 amide bonds. The fraction of sp³-hybridized carbons (Fsp3) is 0.625. The van der Waals surface area contributed by atoms with Crippen molar-refractivity contribution in [2.45, 2.75) is 6.92 Å². The lowest BCUT2D eigenvalue weighted by molar-refractivity contribution is -0.0974. The SMILES string of the molecule is CC1(CNC(=O)Nc2cnns2)COC1. The highest BCUT2D eigenvalue weighted by Crippen LogP contribution is 2.25. The normalized spacial score (nSPS) is 17.9. The van der Waals surface area contributed by atoms with E-state index in [9.17, 15) is 4.79 Å². The van der Waals surface area contributed by atoms with Gasteiger partial charge in [0.1, 0.15) is 5.00 Å². The quantitative estimate of drug-likeness (QED) is 0.798. The van der Waals surface area contributed by atoms with Gasteiger partial charge in [-0.1, -0.05) is 11.4 Å². The molecule has 0 spiro atoms. The number of hydrogen-bond acceptors (Lipinski definition) is 5. The summed E-state index contributed by atoms with van der Waals surface area (Å²) in [5.41, 5.74) is 0.0866. The van der Waals surface area contributed by atoms with Gasteiger partial charge in [-0.05, 0) is 0 Å². The van der Waals surface area contributed by atoms with Crippen LogP contribution < -0.4 is 10.6 Å². The maximum absolute atomic E-state index is 11.4. The Labute approximate surface area is 91.2 Å². The van der Waals surface area contributed by atoms with Gasteiger partial charge in [-0.2, -0.15) is 0 Å². The van der Waals surface area contributed by atoms with Crippen molar-refractivity contribution in [1.82, 2.24) is 14.9 Å². The van der Waals surface area contributed by atoms with Crippen LogP contribution in [0.5, 0.6) is 0 Å². The van der Waals surface area contributed by atoms with Gasteiger partial charge in [-0.25, -0.2) is 4.79 Å². The van der Waals surface area contributed by atoms with Crippen molar-refractivity contribution in [2.75, 3.05) is 25.1 Å². The molecule has 82 valence electrons. The van der Waals surface area contributed by atoms with Crippen LogP contribution in [-0.4, -0.2) is 35.4 Å². The summed E-state index contributed by atoms with van der Waals surface area (Å²) >= 11 is 1.15. The third-order valence-electron chi connectivity index (χ3n) is 2.17. The van der Waals surface area contributed by atoms with Crippen LogP contribution >= 0.6 is 11.5 Å². The Morgan fingerprint density at radius 3 is 3.07 bits per heavy atom. The lowest BCUT2D eigenvalue weighted by Crippen LogP contribution is -2.49. The van der Waals surface area contributed by atoms with E-state index in [-0.39, 0.29) is 11.4 Å². The van der Waals surface area contributed by atoms with Gasteiger partial charge in [-0.3, -0.25) is 5.32 Å². The van der Waals surface area contributed by atoms with Crippen LogP contribution in [0.2, 0.25) is 0 Å². The van der Waals surface area contributed by atoms with Gasteiger partial charge in [0.25, 0.3) is 0 Å². The number of nitrogens with one attached hydrogen (secondary N) is 2. The third-order valence-corrected chi connectivity index (χ3v) is 2.75. The molecule has 1 aromatic rings. The maximum Gasteiger partial charge on any atom is 0.319 e. The number of ether oxygens (including phenoxy) is 1. The fourth-order valence-electron chi connectivity index (χ4n) is 1.22. The second kappa shape index (κ2) is 4.11. The van der Waals surface area contributed by atoms with E-state index in [1.165, 1.54) is 6.20 Å². The van der Waals surface area contributed by atoms with Crippen LogP contribution in [0, 0.1) is 5.41 Å². The Bertz CT molecular complexity index is 336. The molecule has 7 heteroatoms. The van der Waals surface area contributed by atoms with Crippen molar-refractivity contribution in [2.24, 2.45) is 5.41 Å². The van der Waals surface area contributed by atoms with Gasteiger partial charge in [0.15, 0.2) is 0 Å². The molecule has 1 aliphatic heterocycles. The molecule has 2 rings (SSSR count). The van der Waals surface area contributed by atoms with E-state index in [1.807, 2.05) is 0 Å². The van der Waals surface area contributed by atoms with Gasteiger partial charge in [0.05, 0.1) is 19.4 Å². The van der Waals surface area contributed by atoms with E-state index >= 15 is 0 Å². The van der Waals surface area contributed by atoms with Gasteiger partial charge in [-0.15, -0.1) is 5.10 Å². The number of amides is 2. The average Bonchev–Trinajstić information content (AvgIpc) is 2.64. The largest absolute Gasteiger partial charge is 0.380 e. The number of urea groups is 1. The van der Waals surface area contributed by atoms with Crippen molar-refractivity contribution in [3.63, 3.8) is 0 Å². The highest BCUT2D eigenvalue weighted by molar-refractivity contribution is 7.10. The minimum Gasteiger partial charge on any atom is -0.380 e. The molecule has 0 aromatic carbocycles. The van der Waals surface area contributed by atoms with Crippen molar-refractivity contribution in [3.8, 4) is 0 Å². The number of nitrogens with zero attached hydrogens (tertiary/aromatic N) is 2. The topological polar surface area (TPSA) is 76.1 Å². The van der Waals surface area contributed by atoms with E-state index in [1.54, 1.807) is 0 Å². The molecule has 15 heavy (non-hydrogen) atoms. The molecule has 0 radical (unpaired) electrons. The van der Waals surface area contributed by atoms with E-state index < -0.39 is 0 Å². The van der Waals surface area contributed by atoms with E-state index in [0.717, 1.165) is 11.5 Å². The highest BCUT2D eigenvalue weighted by Gasteiger charge is 2.33. The van der Waals surface area contributed by atoms with Gasteiger partial charge in [0.2, 0.25) is 0 Å². The zero-order chi connectivity index (χ0) is 10.7. The van der Waals surface area contributed by atoms with Crippen LogP contribution in [0.3, 0.4) is 0 Å². The van der Waals surface area contributed by atoms with Crippen molar-refractivity contribution in [1.29, 1.82) is 0 Å². The summed E-state index contributed by atoms with van der Waals surface area (Å²) in [5, 5.41) is 9.69. The van der Waals surface area contributed by atoms with Crippen LogP contribution in [0.4, 0.5) is 9.80 Å². The molecule has 1 aromatic heterocycles. The first-order valence-corrected chi connectivity index (χ1v) is 5.35. The molecule has 0 aliphatic carbocycles. The molecular formula is C8H12N4O2S. The first-order valence-electron chi connectivity index (χ1n) is 4.58. The standard InChI is InChI=1S/C8H12N4O2S/c1-8(4-14-5-8)3-9-7(13)11-6-2-10-12-15-6/h2H,3-5H2,1H3,(H2,9,11,13). The summed E-state index contributed by atoms with van der Waals surface area (Å²) in [6.07, 6.45) is 1.51. The Morgan fingerprint density at radius 1 is 1.73 bits per heavy atom. The number of anilines is 1. The molecule has 1 fully saturated rings. The number of rotatable bonds is 3. The molecule has 0 atom stereocenters. The van der Waals surface area contributed by atoms with Gasteiger partial charge in [0, 0.05) is 23.5 Å². The number of carbonyl (C=O) groups is 1. The molecule has 0 bridgehead atoms. The summed E-state index contributed by atoms with van der Waals surface area (Å²) in [4.78, 5) is 11.4. The lowest BCUT2D eigenvalue weighted by atomic mass is 9.89. The Hall–Kier alpha value is -1.21. The molecule has 2 heterocycles. The lowest BCUT2D eigenvalue weighted by Gasteiger charge is -2.37. The zero-order valence-corrected chi connectivity index (χ0v) is 9.13. The molecule has 6 nitrogen and oxygen atoms in total. The van der Waals surface area contributed by atoms with Gasteiger partial charge >= 0.3 is 6.03 Å². The maximum atomic E-state index is 11.4. The van der Waals surface area contributed by atoms with E-state index in [0.29, 0.717) is 24.8 Å². The fourth-order valence-corrected chi connectivity index (χ4v) is 1.64. The number of aromatic nitrogens is 2. The monoisotopic (exact) mass is 228 g/mol. The van der Waals surface area contributed by atoms with Crippen LogP contribution in [0.1, 0.15) is 6.92 Å². The van der Waals surface area contributed by atoms with Crippen molar-refractivity contribution in [3.05, 3.63) is 6.20 Å². The number of hydrogen-bond donors (Lipinski definition) is 2. The van der Waals surface area contributed by atoms with Gasteiger partial charge < -0.3 is 10.1 Å². The van der Waals surface area contributed by atoms with Crippen LogP contribution in [0.15, 0.2) is 6.20 Å². The Morgan fingerprint density at radius 2 is 2.53 bits per heavy atom. The summed E-state index contributed by atoms with van der Waals surface area (Å²) in [7, 11) is 0. The molecule has 1 saturated heterocycles. The molecule has 0 saturated carbocycles. The Balaban J connectivity index is 1.73. The molecular weight excluding hydrogens is 216 g/mol. The summed E-state index contributed by atoms with van der Waals surface area (Å²) in [6, 6.07) is -0.228. The zero-order valence-electron chi connectivity index (χ0n) is 8.32. The minimum atomic E-state index is -0.228. The average molecular weight is 228 g/mol. The predicted molar refractivity (Wildman–Crippen MR) is 55.9 cm³/mol. The second-order valence-corrected chi connectivity index (χ2v) is 4.68. The first kappa shape index (κ1) is 10.3. The summed E-state index contributed by atoms with van der Waals surface area (Å²) in [6.45, 7) is 4.10. The summed E-state index contributed by atoms with van der Waals surface area (Å²) in [5.74, 6) is 0. The molecule has 2 N–H and O–H groups in total. The van der Waals surface area contributed by atoms with Crippen molar-refractivity contribution >= 4 is 22.6 Å². The van der Waals surface area contributed by atoms with E-state index in [4.69, 9.17) is 4.74 Å². The van der Waals surface area contributed by atoms with Crippen LogP contribution in [0.25, 0.3) is 0 Å². The second-order valence-electron chi connectivity index (χ2n) is 3.89. The smallest absolute Gasteiger partial charge is 0.319 e. The summed E-state index contributed by atoms with van der Waals surface area (Å²) < 4.78 is 8.73. The highest BCUT2D eigenvalue weighted by atomic mass is 32.1. The predicted octanol–water partition coefficient (Wildman–Crippen LogP) is 0.696. The van der Waals surface area contributed by atoms with Crippen molar-refractivity contribution < 1.29 is 9.53 Å². The minimum absolute atomic E-state index is 0.0866. The Kier molecular flexibility index (Phi) is 2.83. The molecule has 0 unspecified atom stereocenters. The molecule has 1 aliphatic rings. The first-order chi connectivity index (χ1) is 7.18. The van der Waals surface area contributed by atoms with E-state index in [2.05, 4.69) is 27.1 Å². The third kappa shape index (κ3) is 2.63.